The first-order valence-electron chi connectivity index (χ1n) is 6.75. The highest BCUT2D eigenvalue weighted by atomic mass is 32.2. The first-order chi connectivity index (χ1) is 11.3. The van der Waals surface area contributed by atoms with Crippen molar-refractivity contribution in [1.82, 2.24) is 25.2 Å². The minimum atomic E-state index is 0.589. The molecule has 8 nitrogen and oxygen atoms in total. The van der Waals surface area contributed by atoms with Gasteiger partial charge >= 0.3 is 0 Å². The Bertz CT molecular complexity index is 796. The van der Waals surface area contributed by atoms with Gasteiger partial charge in [-0.25, -0.2) is 4.63 Å². The molecule has 0 radical (unpaired) electrons. The van der Waals surface area contributed by atoms with Gasteiger partial charge in [0, 0.05) is 5.75 Å². The van der Waals surface area contributed by atoms with Crippen molar-refractivity contribution in [3.63, 3.8) is 0 Å². The molecular weight excluding hydrogens is 316 g/mol. The quantitative estimate of drug-likeness (QED) is 0.505. The molecule has 0 spiro atoms. The lowest BCUT2D eigenvalue weighted by molar-refractivity contribution is 0.302. The smallest absolute Gasteiger partial charge is 0.212 e. The van der Waals surface area contributed by atoms with Crippen molar-refractivity contribution < 1.29 is 9.37 Å². The van der Waals surface area contributed by atoms with Crippen molar-refractivity contribution in [2.45, 2.75) is 17.8 Å². The Kier molecular flexibility index (Phi) is 4.67. The van der Waals surface area contributed by atoms with Crippen LogP contribution >= 0.6 is 11.8 Å². The van der Waals surface area contributed by atoms with E-state index < -0.39 is 0 Å². The highest BCUT2D eigenvalue weighted by molar-refractivity contribution is 7.98. The SMILES string of the molecule is COc1ccc(/C=N/n2cnnc2SCc2nonc2C)cc1. The maximum atomic E-state index is 5.12. The molecule has 0 aliphatic carbocycles. The second kappa shape index (κ2) is 7.05. The zero-order chi connectivity index (χ0) is 16.1. The molecule has 0 unspecified atom stereocenters. The van der Waals surface area contributed by atoms with E-state index in [1.165, 1.54) is 11.8 Å². The van der Waals surface area contributed by atoms with Crippen molar-refractivity contribution in [1.29, 1.82) is 0 Å². The van der Waals surface area contributed by atoms with Crippen LogP contribution in [0.4, 0.5) is 0 Å². The fourth-order valence-electron chi connectivity index (χ4n) is 1.73. The van der Waals surface area contributed by atoms with E-state index in [1.807, 2.05) is 31.2 Å². The van der Waals surface area contributed by atoms with Crippen LogP contribution in [0, 0.1) is 6.92 Å². The number of hydrogen-bond donors (Lipinski definition) is 0. The lowest BCUT2D eigenvalue weighted by Crippen LogP contribution is -1.93. The fraction of sp³-hybridized carbons (Fsp3) is 0.214. The normalized spacial score (nSPS) is 11.2. The zero-order valence-electron chi connectivity index (χ0n) is 12.6. The van der Waals surface area contributed by atoms with Gasteiger partial charge < -0.3 is 4.74 Å². The predicted octanol–water partition coefficient (Wildman–Crippen LogP) is 2.15. The summed E-state index contributed by atoms with van der Waals surface area (Å²) in [7, 11) is 1.63. The number of rotatable bonds is 6. The monoisotopic (exact) mass is 330 g/mol. The minimum absolute atomic E-state index is 0.589. The third-order valence-corrected chi connectivity index (χ3v) is 3.98. The van der Waals surface area contributed by atoms with E-state index in [-0.39, 0.29) is 0 Å². The first kappa shape index (κ1) is 15.2. The maximum Gasteiger partial charge on any atom is 0.212 e. The van der Waals surface area contributed by atoms with Gasteiger partial charge in [-0.3, -0.25) is 0 Å². The minimum Gasteiger partial charge on any atom is -0.497 e. The van der Waals surface area contributed by atoms with Crippen LogP contribution in [0.5, 0.6) is 5.75 Å². The van der Waals surface area contributed by atoms with Crippen LogP contribution in [0.3, 0.4) is 0 Å². The molecule has 0 atom stereocenters. The van der Waals surface area contributed by atoms with Gasteiger partial charge in [-0.2, -0.15) is 9.78 Å². The summed E-state index contributed by atoms with van der Waals surface area (Å²) in [5.74, 6) is 1.39. The van der Waals surface area contributed by atoms with Gasteiger partial charge in [-0.15, -0.1) is 10.2 Å². The predicted molar refractivity (Wildman–Crippen MR) is 84.6 cm³/mol. The topological polar surface area (TPSA) is 91.2 Å². The van der Waals surface area contributed by atoms with Gasteiger partial charge in [0.05, 0.1) is 13.3 Å². The van der Waals surface area contributed by atoms with Gasteiger partial charge in [0.2, 0.25) is 5.16 Å². The Labute approximate surface area is 136 Å². The molecule has 3 rings (SSSR count). The van der Waals surface area contributed by atoms with Crippen LogP contribution in [0.25, 0.3) is 0 Å². The summed E-state index contributed by atoms with van der Waals surface area (Å²) in [6.07, 6.45) is 3.28. The molecule has 0 bridgehead atoms. The third kappa shape index (κ3) is 3.75. The van der Waals surface area contributed by atoms with Gasteiger partial charge in [-0.1, -0.05) is 22.1 Å². The van der Waals surface area contributed by atoms with Crippen LogP contribution in [0.1, 0.15) is 17.0 Å². The molecule has 0 saturated carbocycles. The molecule has 2 aromatic heterocycles. The second-order valence-corrected chi connectivity index (χ2v) is 5.50. The number of nitrogens with zero attached hydrogens (tertiary/aromatic N) is 6. The van der Waals surface area contributed by atoms with Crippen LogP contribution in [0.2, 0.25) is 0 Å². The third-order valence-electron chi connectivity index (χ3n) is 3.03. The largest absolute Gasteiger partial charge is 0.497 e. The fourth-order valence-corrected chi connectivity index (χ4v) is 2.58. The molecule has 0 amide bonds. The highest BCUT2D eigenvalue weighted by Gasteiger charge is 2.09. The number of aryl methyl sites for hydroxylation is 1. The summed E-state index contributed by atoms with van der Waals surface area (Å²) in [6, 6.07) is 7.60. The molecule has 0 aliphatic heterocycles. The lowest BCUT2D eigenvalue weighted by Gasteiger charge is -2.00. The molecule has 23 heavy (non-hydrogen) atoms. The number of ether oxygens (including phenoxy) is 1. The Morgan fingerprint density at radius 2 is 2.13 bits per heavy atom. The molecule has 0 saturated heterocycles. The Morgan fingerprint density at radius 1 is 1.30 bits per heavy atom. The van der Waals surface area contributed by atoms with Crippen molar-refractivity contribution in [3.8, 4) is 5.75 Å². The van der Waals surface area contributed by atoms with Crippen molar-refractivity contribution >= 4 is 18.0 Å². The molecule has 0 fully saturated rings. The summed E-state index contributed by atoms with van der Waals surface area (Å²) < 4.78 is 11.4. The molecular formula is C14H14N6O2S. The van der Waals surface area contributed by atoms with Gasteiger partial charge in [0.15, 0.2) is 0 Å². The standard InChI is InChI=1S/C14H14N6O2S/c1-10-13(19-22-18-10)8-23-14-17-15-9-20(14)16-7-11-3-5-12(21-2)6-4-11/h3-7,9H,8H2,1-2H3/b16-7+. The number of aromatic nitrogens is 5. The van der Waals surface area contributed by atoms with Crippen molar-refractivity contribution in [2.24, 2.45) is 5.10 Å². The van der Waals surface area contributed by atoms with E-state index in [9.17, 15) is 0 Å². The van der Waals surface area contributed by atoms with E-state index in [0.717, 1.165) is 22.7 Å². The summed E-state index contributed by atoms with van der Waals surface area (Å²) >= 11 is 1.46. The van der Waals surface area contributed by atoms with Crippen LogP contribution < -0.4 is 4.74 Å². The molecule has 2 heterocycles. The summed E-state index contributed by atoms with van der Waals surface area (Å²) in [5, 5.41) is 20.5. The van der Waals surface area contributed by atoms with E-state index >= 15 is 0 Å². The molecule has 3 aromatic rings. The van der Waals surface area contributed by atoms with E-state index in [4.69, 9.17) is 4.74 Å². The van der Waals surface area contributed by atoms with Crippen molar-refractivity contribution in [3.05, 3.63) is 47.5 Å². The molecule has 0 N–H and O–H groups in total. The van der Waals surface area contributed by atoms with Gasteiger partial charge in [0.1, 0.15) is 23.5 Å². The zero-order valence-corrected chi connectivity index (χ0v) is 13.4. The Hall–Kier alpha value is -2.68. The lowest BCUT2D eigenvalue weighted by atomic mass is 10.2. The van der Waals surface area contributed by atoms with Gasteiger partial charge in [0.25, 0.3) is 0 Å². The van der Waals surface area contributed by atoms with Gasteiger partial charge in [-0.05, 0) is 36.8 Å². The Morgan fingerprint density at radius 3 is 2.83 bits per heavy atom. The molecule has 9 heteroatoms. The van der Waals surface area contributed by atoms with Crippen LogP contribution in [-0.2, 0) is 5.75 Å². The van der Waals surface area contributed by atoms with Crippen molar-refractivity contribution in [2.75, 3.05) is 7.11 Å². The molecule has 0 aliphatic rings. The maximum absolute atomic E-state index is 5.12. The second-order valence-electron chi connectivity index (χ2n) is 4.56. The number of benzene rings is 1. The average Bonchev–Trinajstić information content (AvgIpc) is 3.20. The van der Waals surface area contributed by atoms with Crippen LogP contribution in [0.15, 0.2) is 45.5 Å². The molecule has 118 valence electrons. The number of hydrogen-bond acceptors (Lipinski definition) is 8. The highest BCUT2D eigenvalue weighted by Crippen LogP contribution is 2.20. The molecule has 1 aromatic carbocycles. The summed E-state index contributed by atoms with van der Waals surface area (Å²) in [6.45, 7) is 1.85. The van der Waals surface area contributed by atoms with E-state index in [1.54, 1.807) is 24.3 Å². The van der Waals surface area contributed by atoms with E-state index in [2.05, 4.69) is 30.2 Å². The Balaban J connectivity index is 1.67. The summed E-state index contributed by atoms with van der Waals surface area (Å²) in [4.78, 5) is 0. The van der Waals surface area contributed by atoms with Crippen LogP contribution in [-0.4, -0.2) is 38.5 Å². The number of thioether (sulfide) groups is 1. The summed E-state index contributed by atoms with van der Waals surface area (Å²) in [5.41, 5.74) is 2.50. The average molecular weight is 330 g/mol. The first-order valence-corrected chi connectivity index (χ1v) is 7.74. The van der Waals surface area contributed by atoms with E-state index in [0.29, 0.717) is 10.9 Å². The number of methoxy groups -OCH3 is 1.